The van der Waals surface area contributed by atoms with Crippen molar-refractivity contribution in [3.05, 3.63) is 46.2 Å². The quantitative estimate of drug-likeness (QED) is 0.534. The average molecular weight is 472 g/mol. The molecule has 1 fully saturated rings. The summed E-state index contributed by atoms with van der Waals surface area (Å²) < 4.78 is 26.3. The number of benzene rings is 1. The topological polar surface area (TPSA) is 116 Å². The molecule has 5 N–H and O–H groups in total. The summed E-state index contributed by atoms with van der Waals surface area (Å²) in [5, 5.41) is 3.70. The Bertz CT molecular complexity index is 1230. The number of nitrogens with one attached hydrogen (secondary N) is 1. The summed E-state index contributed by atoms with van der Waals surface area (Å²) in [7, 11) is 1.63. The fourth-order valence-corrected chi connectivity index (χ4v) is 5.51. The molecule has 0 spiro atoms. The number of pyridine rings is 1. The Morgan fingerprint density at radius 2 is 2.18 bits per heavy atom. The van der Waals surface area contributed by atoms with E-state index in [2.05, 4.69) is 10.3 Å². The molecule has 33 heavy (non-hydrogen) atoms. The third-order valence-corrected chi connectivity index (χ3v) is 7.40. The first-order chi connectivity index (χ1) is 15.8. The number of aromatic nitrogens is 1. The Labute approximate surface area is 194 Å². The minimum atomic E-state index is -0.372. The molecule has 0 aliphatic carbocycles. The summed E-state index contributed by atoms with van der Waals surface area (Å²) in [5.41, 5.74) is 14.7. The second kappa shape index (κ2) is 8.44. The van der Waals surface area contributed by atoms with Gasteiger partial charge in [-0.15, -0.1) is 11.3 Å². The third-order valence-electron chi connectivity index (χ3n) is 6.28. The van der Waals surface area contributed by atoms with Gasteiger partial charge in [-0.1, -0.05) is 0 Å². The van der Waals surface area contributed by atoms with Gasteiger partial charge in [0, 0.05) is 55.0 Å². The molecule has 4 heterocycles. The maximum absolute atomic E-state index is 15.0. The summed E-state index contributed by atoms with van der Waals surface area (Å²) >= 11 is 1.25. The molecular formula is C23H26FN5O3S. The molecule has 2 aliphatic heterocycles. The van der Waals surface area contributed by atoms with E-state index in [0.717, 1.165) is 15.9 Å². The Morgan fingerprint density at radius 1 is 1.36 bits per heavy atom. The van der Waals surface area contributed by atoms with Crippen LogP contribution >= 0.6 is 11.3 Å². The van der Waals surface area contributed by atoms with E-state index in [1.165, 1.54) is 17.4 Å². The minimum Gasteiger partial charge on any atom is -0.491 e. The van der Waals surface area contributed by atoms with Crippen LogP contribution in [0.2, 0.25) is 0 Å². The van der Waals surface area contributed by atoms with E-state index in [1.54, 1.807) is 7.11 Å². The number of halogens is 1. The van der Waals surface area contributed by atoms with E-state index in [4.69, 9.17) is 20.9 Å². The van der Waals surface area contributed by atoms with Gasteiger partial charge in [-0.3, -0.25) is 4.79 Å². The number of hydrogen-bond acceptors (Lipinski definition) is 8. The zero-order valence-corrected chi connectivity index (χ0v) is 19.2. The second-order valence-electron chi connectivity index (χ2n) is 8.58. The first-order valence-electron chi connectivity index (χ1n) is 10.8. The van der Waals surface area contributed by atoms with E-state index < -0.39 is 0 Å². The number of hydrogen-bond donors (Lipinski definition) is 3. The standard InChI is InChI=1S/C23H26FN5O3S/c1-11-3-4-14-20(26)21(33-23(14)27-11)22(30)28-12-5-15-16(24)6-13(7-18(15)32-10-12)29-8-17(25)19(9-29)31-2/h3-4,6-7,12,17,19H,5,8-10,25-26H2,1-2H3,(H,28,30)/t12-,17-,19-/m1/s1. The van der Waals surface area contributed by atoms with Crippen molar-refractivity contribution in [1.82, 2.24) is 10.3 Å². The maximum Gasteiger partial charge on any atom is 0.263 e. The highest BCUT2D eigenvalue weighted by atomic mass is 32.1. The van der Waals surface area contributed by atoms with Gasteiger partial charge in [-0.2, -0.15) is 0 Å². The minimum absolute atomic E-state index is 0.0925. The Balaban J connectivity index is 1.31. The number of nitrogens with two attached hydrogens (primary N) is 2. The van der Waals surface area contributed by atoms with Crippen LogP contribution in [0.3, 0.4) is 0 Å². The van der Waals surface area contributed by atoms with Gasteiger partial charge in [0.05, 0.1) is 23.9 Å². The van der Waals surface area contributed by atoms with Gasteiger partial charge in [-0.05, 0) is 25.1 Å². The van der Waals surface area contributed by atoms with Crippen molar-refractivity contribution < 1.29 is 18.7 Å². The fourth-order valence-electron chi connectivity index (χ4n) is 4.46. The fraction of sp³-hybridized carbons (Fsp3) is 0.391. The molecule has 3 atom stereocenters. The highest BCUT2D eigenvalue weighted by Crippen LogP contribution is 2.35. The van der Waals surface area contributed by atoms with E-state index in [-0.39, 0.29) is 36.5 Å². The molecule has 1 saturated heterocycles. The number of aryl methyl sites for hydroxylation is 1. The lowest BCUT2D eigenvalue weighted by Crippen LogP contribution is -2.43. The number of nitrogens with zero attached hydrogens (tertiary/aromatic N) is 2. The van der Waals surface area contributed by atoms with Gasteiger partial charge in [0.1, 0.15) is 27.9 Å². The molecule has 1 aromatic carbocycles. The molecule has 5 rings (SSSR count). The predicted molar refractivity (Wildman–Crippen MR) is 127 cm³/mol. The Kier molecular flexibility index (Phi) is 5.59. The summed E-state index contributed by atoms with van der Waals surface area (Å²) in [6.45, 7) is 3.31. The first-order valence-corrected chi connectivity index (χ1v) is 11.6. The molecule has 0 unspecified atom stereocenters. The lowest BCUT2D eigenvalue weighted by Gasteiger charge is -2.28. The number of carbonyl (C=O) groups is 1. The molecule has 3 aromatic rings. The van der Waals surface area contributed by atoms with Crippen molar-refractivity contribution in [2.24, 2.45) is 5.73 Å². The number of ether oxygens (including phenoxy) is 2. The smallest absolute Gasteiger partial charge is 0.263 e. The van der Waals surface area contributed by atoms with Gasteiger partial charge < -0.3 is 31.2 Å². The molecule has 8 nitrogen and oxygen atoms in total. The van der Waals surface area contributed by atoms with Crippen LogP contribution in [0.5, 0.6) is 5.75 Å². The average Bonchev–Trinajstić information content (AvgIpc) is 3.33. The van der Waals surface area contributed by atoms with Crippen LogP contribution in [0.25, 0.3) is 10.2 Å². The van der Waals surface area contributed by atoms with Gasteiger partial charge in [-0.25, -0.2) is 9.37 Å². The van der Waals surface area contributed by atoms with Crippen LogP contribution in [-0.2, 0) is 11.2 Å². The zero-order chi connectivity index (χ0) is 23.3. The van der Waals surface area contributed by atoms with Gasteiger partial charge in [0.15, 0.2) is 0 Å². The van der Waals surface area contributed by atoms with Crippen LogP contribution in [0.15, 0.2) is 24.3 Å². The third kappa shape index (κ3) is 3.98. The van der Waals surface area contributed by atoms with Crippen molar-refractivity contribution in [3.8, 4) is 5.75 Å². The maximum atomic E-state index is 15.0. The van der Waals surface area contributed by atoms with Crippen molar-refractivity contribution in [1.29, 1.82) is 0 Å². The van der Waals surface area contributed by atoms with E-state index in [0.29, 0.717) is 47.1 Å². The number of nitrogen functional groups attached to an aromatic ring is 1. The van der Waals surface area contributed by atoms with Crippen molar-refractivity contribution in [3.63, 3.8) is 0 Å². The van der Waals surface area contributed by atoms with Crippen LogP contribution < -0.4 is 26.4 Å². The lowest BCUT2D eigenvalue weighted by molar-refractivity contribution is 0.0919. The summed E-state index contributed by atoms with van der Waals surface area (Å²) in [6.07, 6.45) is 0.236. The van der Waals surface area contributed by atoms with Crippen LogP contribution in [0.1, 0.15) is 20.9 Å². The monoisotopic (exact) mass is 471 g/mol. The van der Waals surface area contributed by atoms with Crippen LogP contribution in [0.4, 0.5) is 15.8 Å². The Morgan fingerprint density at radius 3 is 2.94 bits per heavy atom. The largest absolute Gasteiger partial charge is 0.491 e. The number of thiophene rings is 1. The summed E-state index contributed by atoms with van der Waals surface area (Å²) in [6, 6.07) is 6.56. The SMILES string of the molecule is CO[C@@H]1CN(c2cc(F)c3c(c2)OC[C@H](NC(=O)c2sc4nc(C)ccc4c2N)C3)C[C@H]1N. The Hall–Kier alpha value is -2.95. The van der Waals surface area contributed by atoms with Crippen LogP contribution in [-0.4, -0.2) is 55.9 Å². The van der Waals surface area contributed by atoms with E-state index in [1.807, 2.05) is 30.0 Å². The molecule has 174 valence electrons. The number of methoxy groups -OCH3 is 1. The van der Waals surface area contributed by atoms with Crippen molar-refractivity contribution in [2.45, 2.75) is 31.5 Å². The van der Waals surface area contributed by atoms with Gasteiger partial charge in [0.25, 0.3) is 5.91 Å². The number of fused-ring (bicyclic) bond motifs is 2. The molecule has 0 bridgehead atoms. The predicted octanol–water partition coefficient (Wildman–Crippen LogP) is 2.22. The second-order valence-corrected chi connectivity index (χ2v) is 9.58. The lowest BCUT2D eigenvalue weighted by atomic mass is 10.0. The molecule has 2 aliphatic rings. The van der Waals surface area contributed by atoms with Crippen LogP contribution in [0, 0.1) is 12.7 Å². The van der Waals surface area contributed by atoms with E-state index >= 15 is 4.39 Å². The van der Waals surface area contributed by atoms with Gasteiger partial charge >= 0.3 is 0 Å². The highest BCUT2D eigenvalue weighted by molar-refractivity contribution is 7.21. The number of amides is 1. The number of anilines is 2. The van der Waals surface area contributed by atoms with Crippen molar-refractivity contribution >= 4 is 38.8 Å². The normalized spacial score (nSPS) is 22.3. The number of rotatable bonds is 4. The zero-order valence-electron chi connectivity index (χ0n) is 18.4. The highest BCUT2D eigenvalue weighted by Gasteiger charge is 2.32. The first kappa shape index (κ1) is 21.9. The molecule has 10 heteroatoms. The molecule has 1 amide bonds. The van der Waals surface area contributed by atoms with E-state index in [9.17, 15) is 4.79 Å². The molecule has 0 saturated carbocycles. The number of carbonyl (C=O) groups excluding carboxylic acids is 1. The molecule has 0 radical (unpaired) electrons. The summed E-state index contributed by atoms with van der Waals surface area (Å²) in [5.74, 6) is -0.179. The molecule has 2 aromatic heterocycles. The van der Waals surface area contributed by atoms with Crippen molar-refractivity contribution in [2.75, 3.05) is 37.4 Å². The molecular weight excluding hydrogens is 445 g/mol. The summed E-state index contributed by atoms with van der Waals surface area (Å²) in [4.78, 5) is 20.5. The van der Waals surface area contributed by atoms with Gasteiger partial charge in [0.2, 0.25) is 0 Å².